The van der Waals surface area contributed by atoms with Crippen LogP contribution in [0, 0.1) is 12.3 Å². The van der Waals surface area contributed by atoms with E-state index < -0.39 is 0 Å². The third-order valence-corrected chi connectivity index (χ3v) is 3.52. The fourth-order valence-corrected chi connectivity index (χ4v) is 2.55. The summed E-state index contributed by atoms with van der Waals surface area (Å²) >= 11 is 0. The topological polar surface area (TPSA) is 39.2 Å². The fourth-order valence-electron chi connectivity index (χ4n) is 2.55. The molecule has 78 valence electrons. The lowest BCUT2D eigenvalue weighted by Crippen LogP contribution is -2.32. The molecule has 1 aliphatic rings. The first-order valence-electron chi connectivity index (χ1n) is 5.34. The number of furan rings is 1. The molecule has 1 aliphatic carbocycles. The fraction of sp³-hybridized carbons (Fsp3) is 0.667. The Kier molecular flexibility index (Phi) is 2.18. The third-order valence-electron chi connectivity index (χ3n) is 3.52. The predicted octanol–water partition coefficient (Wildman–Crippen LogP) is 2.60. The van der Waals surface area contributed by atoms with Crippen molar-refractivity contribution >= 4 is 0 Å². The minimum Gasteiger partial charge on any atom is -0.466 e. The maximum Gasteiger partial charge on any atom is 0.107 e. The largest absolute Gasteiger partial charge is 0.466 e. The molecule has 1 unspecified atom stereocenters. The Morgan fingerprint density at radius 1 is 1.57 bits per heavy atom. The standard InChI is InChI=1S/C12H19NO/c1-8-6-9-10(7-13)12(2,3)5-4-11(9)14-8/h6,10H,4-5,7,13H2,1-3H3. The zero-order chi connectivity index (χ0) is 10.3. The van der Waals surface area contributed by atoms with Gasteiger partial charge in [-0.25, -0.2) is 0 Å². The van der Waals surface area contributed by atoms with Crippen molar-refractivity contribution in [1.29, 1.82) is 0 Å². The van der Waals surface area contributed by atoms with Gasteiger partial charge in [-0.15, -0.1) is 0 Å². The summed E-state index contributed by atoms with van der Waals surface area (Å²) in [5, 5.41) is 0. The molecule has 0 fully saturated rings. The lowest BCUT2D eigenvalue weighted by Gasteiger charge is -2.37. The molecule has 0 aromatic carbocycles. The van der Waals surface area contributed by atoms with Crippen LogP contribution in [0.25, 0.3) is 0 Å². The van der Waals surface area contributed by atoms with E-state index >= 15 is 0 Å². The highest BCUT2D eigenvalue weighted by Crippen LogP contribution is 2.45. The lowest BCUT2D eigenvalue weighted by molar-refractivity contribution is 0.235. The van der Waals surface area contributed by atoms with Gasteiger partial charge in [0.2, 0.25) is 0 Å². The van der Waals surface area contributed by atoms with Crippen LogP contribution in [0.3, 0.4) is 0 Å². The first kappa shape index (κ1) is 9.78. The Labute approximate surface area is 85.5 Å². The monoisotopic (exact) mass is 193 g/mol. The van der Waals surface area contributed by atoms with Crippen molar-refractivity contribution in [1.82, 2.24) is 0 Å². The van der Waals surface area contributed by atoms with E-state index in [0.717, 1.165) is 24.5 Å². The van der Waals surface area contributed by atoms with Gasteiger partial charge in [0.05, 0.1) is 0 Å². The van der Waals surface area contributed by atoms with Gasteiger partial charge >= 0.3 is 0 Å². The van der Waals surface area contributed by atoms with Crippen molar-refractivity contribution in [3.05, 3.63) is 23.2 Å². The summed E-state index contributed by atoms with van der Waals surface area (Å²) in [6, 6.07) is 2.16. The molecule has 2 heteroatoms. The molecule has 2 nitrogen and oxygen atoms in total. The van der Waals surface area contributed by atoms with Crippen LogP contribution < -0.4 is 5.73 Å². The number of fused-ring (bicyclic) bond motifs is 1. The highest BCUT2D eigenvalue weighted by atomic mass is 16.3. The first-order chi connectivity index (χ1) is 6.54. The summed E-state index contributed by atoms with van der Waals surface area (Å²) in [7, 11) is 0. The second kappa shape index (κ2) is 3.13. The Balaban J connectivity index is 2.44. The van der Waals surface area contributed by atoms with Crippen LogP contribution in [-0.2, 0) is 6.42 Å². The summed E-state index contributed by atoms with van der Waals surface area (Å²) in [6.45, 7) is 7.34. The first-order valence-corrected chi connectivity index (χ1v) is 5.34. The van der Waals surface area contributed by atoms with Crippen LogP contribution in [0.4, 0.5) is 0 Å². The Morgan fingerprint density at radius 2 is 2.29 bits per heavy atom. The molecule has 0 aliphatic heterocycles. The SMILES string of the molecule is Cc1cc2c(o1)CCC(C)(C)C2CN. The molecule has 2 rings (SSSR count). The summed E-state index contributed by atoms with van der Waals surface area (Å²) in [4.78, 5) is 0. The second-order valence-corrected chi connectivity index (χ2v) is 5.01. The van der Waals surface area contributed by atoms with Crippen molar-refractivity contribution < 1.29 is 4.42 Å². The molecule has 0 saturated heterocycles. The molecule has 0 saturated carbocycles. The van der Waals surface area contributed by atoms with Gasteiger partial charge < -0.3 is 10.2 Å². The number of rotatable bonds is 1. The molecule has 1 aromatic heterocycles. The summed E-state index contributed by atoms with van der Waals surface area (Å²) < 4.78 is 5.68. The molecule has 2 N–H and O–H groups in total. The Bertz CT molecular complexity index is 338. The van der Waals surface area contributed by atoms with Gasteiger partial charge in [-0.3, -0.25) is 0 Å². The second-order valence-electron chi connectivity index (χ2n) is 5.01. The number of nitrogens with two attached hydrogens (primary N) is 1. The van der Waals surface area contributed by atoms with Crippen molar-refractivity contribution in [2.75, 3.05) is 6.54 Å². The molecule has 1 aromatic rings. The van der Waals surface area contributed by atoms with E-state index in [1.54, 1.807) is 0 Å². The van der Waals surface area contributed by atoms with Gasteiger partial charge in [-0.05, 0) is 36.9 Å². The molecule has 14 heavy (non-hydrogen) atoms. The van der Waals surface area contributed by atoms with E-state index in [0.29, 0.717) is 11.3 Å². The highest BCUT2D eigenvalue weighted by molar-refractivity contribution is 5.30. The molecule has 0 bridgehead atoms. The summed E-state index contributed by atoms with van der Waals surface area (Å²) in [5.41, 5.74) is 7.53. The van der Waals surface area contributed by atoms with Crippen LogP contribution in [0.2, 0.25) is 0 Å². The molecule has 0 amide bonds. The van der Waals surface area contributed by atoms with Crippen molar-refractivity contribution in [3.8, 4) is 0 Å². The van der Waals surface area contributed by atoms with Crippen molar-refractivity contribution in [3.63, 3.8) is 0 Å². The smallest absolute Gasteiger partial charge is 0.107 e. The normalized spacial score (nSPS) is 24.7. The Morgan fingerprint density at radius 3 is 2.93 bits per heavy atom. The van der Waals surface area contributed by atoms with Crippen molar-refractivity contribution in [2.24, 2.45) is 11.1 Å². The van der Waals surface area contributed by atoms with Crippen LogP contribution in [-0.4, -0.2) is 6.54 Å². The van der Waals surface area contributed by atoms with Gasteiger partial charge in [-0.2, -0.15) is 0 Å². The molecule has 1 atom stereocenters. The van der Waals surface area contributed by atoms with E-state index in [1.807, 2.05) is 6.92 Å². The maximum absolute atomic E-state index is 5.86. The minimum atomic E-state index is 0.318. The van der Waals surface area contributed by atoms with Gasteiger partial charge in [0.15, 0.2) is 0 Å². The summed E-state index contributed by atoms with van der Waals surface area (Å²) in [5.74, 6) is 2.65. The number of hydrogen-bond donors (Lipinski definition) is 1. The average molecular weight is 193 g/mol. The predicted molar refractivity (Wildman–Crippen MR) is 57.3 cm³/mol. The van der Waals surface area contributed by atoms with E-state index in [9.17, 15) is 0 Å². The number of hydrogen-bond acceptors (Lipinski definition) is 2. The third kappa shape index (κ3) is 1.38. The van der Waals surface area contributed by atoms with E-state index in [4.69, 9.17) is 10.2 Å². The van der Waals surface area contributed by atoms with E-state index in [-0.39, 0.29) is 0 Å². The van der Waals surface area contributed by atoms with E-state index in [2.05, 4.69) is 19.9 Å². The molecule has 1 heterocycles. The summed E-state index contributed by atoms with van der Waals surface area (Å²) in [6.07, 6.45) is 2.24. The highest BCUT2D eigenvalue weighted by Gasteiger charge is 2.36. The zero-order valence-corrected chi connectivity index (χ0v) is 9.26. The molecular formula is C12H19NO. The van der Waals surface area contributed by atoms with Crippen LogP contribution in [0.1, 0.15) is 43.3 Å². The number of aryl methyl sites for hydroxylation is 2. The molecule has 0 radical (unpaired) electrons. The molecule has 0 spiro atoms. The quantitative estimate of drug-likeness (QED) is 0.744. The van der Waals surface area contributed by atoms with Gasteiger partial charge in [-0.1, -0.05) is 13.8 Å². The van der Waals surface area contributed by atoms with E-state index in [1.165, 1.54) is 12.0 Å². The molecular weight excluding hydrogens is 174 g/mol. The van der Waals surface area contributed by atoms with Gasteiger partial charge in [0, 0.05) is 12.3 Å². The minimum absolute atomic E-state index is 0.318. The van der Waals surface area contributed by atoms with Gasteiger partial charge in [0.1, 0.15) is 11.5 Å². The van der Waals surface area contributed by atoms with Crippen LogP contribution in [0.15, 0.2) is 10.5 Å². The van der Waals surface area contributed by atoms with Crippen molar-refractivity contribution in [2.45, 2.75) is 39.5 Å². The maximum atomic E-state index is 5.86. The lowest BCUT2D eigenvalue weighted by atomic mass is 9.68. The van der Waals surface area contributed by atoms with Gasteiger partial charge in [0.25, 0.3) is 0 Å². The van der Waals surface area contributed by atoms with Crippen LogP contribution in [0.5, 0.6) is 0 Å². The van der Waals surface area contributed by atoms with Crippen LogP contribution >= 0.6 is 0 Å². The average Bonchev–Trinajstić information content (AvgIpc) is 2.44. The Hall–Kier alpha value is -0.760. The zero-order valence-electron chi connectivity index (χ0n) is 9.26.